The first-order chi connectivity index (χ1) is 14.3. The Morgan fingerprint density at radius 1 is 0.793 bits per heavy atom. The van der Waals surface area contributed by atoms with Gasteiger partial charge in [-0.2, -0.15) is 0 Å². The minimum absolute atomic E-state index is 0.0771. The molecule has 0 amide bonds. The van der Waals surface area contributed by atoms with Gasteiger partial charge >= 0.3 is 0 Å². The van der Waals surface area contributed by atoms with Gasteiger partial charge in [0.2, 0.25) is 0 Å². The lowest BCUT2D eigenvalue weighted by atomic mass is 9.98. The van der Waals surface area contributed by atoms with Crippen molar-refractivity contribution in [2.45, 2.75) is 39.2 Å². The van der Waals surface area contributed by atoms with Crippen molar-refractivity contribution in [1.29, 1.82) is 0 Å². The van der Waals surface area contributed by atoms with Crippen LogP contribution in [0.15, 0.2) is 89.9 Å². The summed E-state index contributed by atoms with van der Waals surface area (Å²) < 4.78 is 0. The van der Waals surface area contributed by atoms with Crippen molar-refractivity contribution < 1.29 is 0 Å². The lowest BCUT2D eigenvalue weighted by Crippen LogP contribution is -2.23. The molecule has 150 valence electrons. The third-order valence-corrected chi connectivity index (χ3v) is 5.22. The van der Waals surface area contributed by atoms with Crippen molar-refractivity contribution in [3.63, 3.8) is 0 Å². The number of aryl methyl sites for hydroxylation is 1. The molecule has 0 heterocycles. The van der Waals surface area contributed by atoms with E-state index in [-0.39, 0.29) is 6.04 Å². The molecule has 2 heteroatoms. The molecule has 0 aromatic heterocycles. The molecule has 0 fully saturated rings. The van der Waals surface area contributed by atoms with Crippen LogP contribution < -0.4 is 5.32 Å². The lowest BCUT2D eigenvalue weighted by Gasteiger charge is -2.19. The zero-order valence-electron chi connectivity index (χ0n) is 17.6. The van der Waals surface area contributed by atoms with Gasteiger partial charge in [-0.25, -0.2) is 0 Å². The van der Waals surface area contributed by atoms with Gasteiger partial charge in [-0.05, 0) is 31.0 Å². The van der Waals surface area contributed by atoms with Crippen LogP contribution in [0.25, 0.3) is 0 Å². The van der Waals surface area contributed by atoms with Gasteiger partial charge in [0.05, 0.1) is 11.8 Å². The molecular formula is C27H32N2. The van der Waals surface area contributed by atoms with E-state index in [2.05, 4.69) is 104 Å². The Hall–Kier alpha value is -2.71. The number of unbranched alkanes of at least 4 members (excludes halogenated alkanes) is 2. The third kappa shape index (κ3) is 6.13. The largest absolute Gasteiger partial charge is 0.314 e. The second-order valence-electron chi connectivity index (χ2n) is 7.49. The molecule has 0 bridgehead atoms. The molecule has 3 rings (SSSR count). The Labute approximate surface area is 175 Å². The van der Waals surface area contributed by atoms with Crippen LogP contribution in [0.3, 0.4) is 0 Å². The van der Waals surface area contributed by atoms with Crippen LogP contribution >= 0.6 is 0 Å². The van der Waals surface area contributed by atoms with E-state index in [0.717, 1.165) is 29.9 Å². The highest BCUT2D eigenvalue weighted by molar-refractivity contribution is 6.13. The molecule has 0 aliphatic rings. The normalized spacial score (nSPS) is 11.8. The van der Waals surface area contributed by atoms with E-state index in [1.54, 1.807) is 0 Å². The lowest BCUT2D eigenvalue weighted by molar-refractivity contribution is 0.568. The quantitative estimate of drug-likeness (QED) is 0.319. The molecule has 2 nitrogen and oxygen atoms in total. The molecule has 1 unspecified atom stereocenters. The van der Waals surface area contributed by atoms with Gasteiger partial charge in [0, 0.05) is 17.7 Å². The van der Waals surface area contributed by atoms with Gasteiger partial charge in [0.15, 0.2) is 0 Å². The maximum Gasteiger partial charge on any atom is 0.0883 e. The highest BCUT2D eigenvalue weighted by atomic mass is 14.9. The minimum atomic E-state index is 0.0771. The van der Waals surface area contributed by atoms with Crippen LogP contribution in [0.5, 0.6) is 0 Å². The fraction of sp³-hybridized carbons (Fsp3) is 0.296. The average Bonchev–Trinajstić information content (AvgIpc) is 2.77. The van der Waals surface area contributed by atoms with Crippen LogP contribution in [0.2, 0.25) is 0 Å². The van der Waals surface area contributed by atoms with E-state index >= 15 is 0 Å². The number of nitrogens with one attached hydrogen (secondary N) is 1. The smallest absolute Gasteiger partial charge is 0.0883 e. The van der Waals surface area contributed by atoms with Crippen molar-refractivity contribution in [2.75, 3.05) is 13.1 Å². The van der Waals surface area contributed by atoms with Gasteiger partial charge in [-0.1, -0.05) is 105 Å². The standard InChI is InChI=1S/C27H32N2/c1-3-4-13-20-28-21-26(25-19-12-11-14-22(25)2)29-27(23-15-7-5-8-16-23)24-17-9-6-10-18-24/h5-12,14-19,26,28H,3-4,13,20-21H2,1-2H3. The van der Waals surface area contributed by atoms with Crippen molar-refractivity contribution >= 4 is 5.71 Å². The Bertz CT molecular complexity index is 843. The number of benzene rings is 3. The zero-order valence-corrected chi connectivity index (χ0v) is 17.6. The van der Waals surface area contributed by atoms with Crippen molar-refractivity contribution in [3.8, 4) is 0 Å². The molecule has 0 aliphatic heterocycles. The Morgan fingerprint density at radius 2 is 1.38 bits per heavy atom. The predicted molar refractivity (Wildman–Crippen MR) is 125 cm³/mol. The molecule has 0 saturated carbocycles. The summed E-state index contributed by atoms with van der Waals surface area (Å²) in [5.74, 6) is 0. The summed E-state index contributed by atoms with van der Waals surface area (Å²) in [6, 6.07) is 29.7. The summed E-state index contributed by atoms with van der Waals surface area (Å²) in [5.41, 5.74) is 5.94. The molecule has 0 spiro atoms. The summed E-state index contributed by atoms with van der Waals surface area (Å²) in [5, 5.41) is 3.65. The van der Waals surface area contributed by atoms with E-state index < -0.39 is 0 Å². The summed E-state index contributed by atoms with van der Waals surface area (Å²) >= 11 is 0. The van der Waals surface area contributed by atoms with Crippen LogP contribution in [0.4, 0.5) is 0 Å². The van der Waals surface area contributed by atoms with E-state index in [0.29, 0.717) is 0 Å². The van der Waals surface area contributed by atoms with E-state index in [1.807, 2.05) is 0 Å². The third-order valence-electron chi connectivity index (χ3n) is 5.22. The van der Waals surface area contributed by atoms with Crippen molar-refractivity contribution in [2.24, 2.45) is 4.99 Å². The number of aliphatic imine (C=N–C) groups is 1. The topological polar surface area (TPSA) is 24.4 Å². The Balaban J connectivity index is 1.97. The number of hydrogen-bond acceptors (Lipinski definition) is 2. The van der Waals surface area contributed by atoms with Crippen LogP contribution in [-0.2, 0) is 0 Å². The van der Waals surface area contributed by atoms with Gasteiger partial charge < -0.3 is 5.32 Å². The molecule has 0 aliphatic carbocycles. The zero-order chi connectivity index (χ0) is 20.3. The first kappa shape index (κ1) is 21.0. The van der Waals surface area contributed by atoms with Crippen LogP contribution in [0, 0.1) is 6.92 Å². The number of rotatable bonds is 10. The number of hydrogen-bond donors (Lipinski definition) is 1. The molecular weight excluding hydrogens is 352 g/mol. The van der Waals surface area contributed by atoms with Crippen molar-refractivity contribution in [3.05, 3.63) is 107 Å². The highest BCUT2D eigenvalue weighted by Crippen LogP contribution is 2.23. The van der Waals surface area contributed by atoms with Crippen LogP contribution in [-0.4, -0.2) is 18.8 Å². The molecule has 0 saturated heterocycles. The van der Waals surface area contributed by atoms with Gasteiger partial charge in [0.1, 0.15) is 0 Å². The fourth-order valence-corrected chi connectivity index (χ4v) is 3.59. The summed E-state index contributed by atoms with van der Waals surface area (Å²) in [6.45, 7) is 6.31. The van der Waals surface area contributed by atoms with E-state index in [4.69, 9.17) is 4.99 Å². The van der Waals surface area contributed by atoms with Gasteiger partial charge in [-0.15, -0.1) is 0 Å². The van der Waals surface area contributed by atoms with Crippen LogP contribution in [0.1, 0.15) is 54.5 Å². The fourth-order valence-electron chi connectivity index (χ4n) is 3.59. The van der Waals surface area contributed by atoms with Gasteiger partial charge in [0.25, 0.3) is 0 Å². The monoisotopic (exact) mass is 384 g/mol. The molecule has 1 N–H and O–H groups in total. The maximum atomic E-state index is 5.32. The molecule has 3 aromatic carbocycles. The second-order valence-corrected chi connectivity index (χ2v) is 7.49. The average molecular weight is 385 g/mol. The molecule has 29 heavy (non-hydrogen) atoms. The molecule has 0 radical (unpaired) electrons. The summed E-state index contributed by atoms with van der Waals surface area (Å²) in [7, 11) is 0. The SMILES string of the molecule is CCCCCNCC(N=C(c1ccccc1)c1ccccc1)c1ccccc1C. The van der Waals surface area contributed by atoms with E-state index in [1.165, 1.54) is 30.4 Å². The summed E-state index contributed by atoms with van der Waals surface area (Å²) in [6.07, 6.45) is 3.72. The first-order valence-electron chi connectivity index (χ1n) is 10.7. The molecule has 3 aromatic rings. The highest BCUT2D eigenvalue weighted by Gasteiger charge is 2.15. The maximum absolute atomic E-state index is 5.32. The minimum Gasteiger partial charge on any atom is -0.314 e. The summed E-state index contributed by atoms with van der Waals surface area (Å²) in [4.78, 5) is 5.32. The molecule has 1 atom stereocenters. The van der Waals surface area contributed by atoms with Gasteiger partial charge in [-0.3, -0.25) is 4.99 Å². The predicted octanol–water partition coefficient (Wildman–Crippen LogP) is 6.35. The Morgan fingerprint density at radius 3 is 1.97 bits per heavy atom. The van der Waals surface area contributed by atoms with Crippen molar-refractivity contribution in [1.82, 2.24) is 5.32 Å². The first-order valence-corrected chi connectivity index (χ1v) is 10.7. The Kier molecular flexibility index (Phi) is 8.21. The second kappa shape index (κ2) is 11.3. The number of nitrogens with zero attached hydrogens (tertiary/aromatic N) is 1. The van der Waals surface area contributed by atoms with E-state index in [9.17, 15) is 0 Å².